The van der Waals surface area contributed by atoms with E-state index in [0.29, 0.717) is 31.9 Å². The predicted molar refractivity (Wildman–Crippen MR) is 133 cm³/mol. The molecule has 0 spiro atoms. The summed E-state index contributed by atoms with van der Waals surface area (Å²) in [6.45, 7) is 1.83. The molecule has 2 fully saturated rings. The molecule has 2 saturated heterocycles. The highest BCUT2D eigenvalue weighted by Gasteiger charge is 2.36. The first-order chi connectivity index (χ1) is 18.8. The number of alkyl halides is 6. The lowest BCUT2D eigenvalue weighted by atomic mass is 10.1. The molecule has 2 aliphatic heterocycles. The van der Waals surface area contributed by atoms with Gasteiger partial charge in [0.1, 0.15) is 6.04 Å². The van der Waals surface area contributed by atoms with Gasteiger partial charge >= 0.3 is 12.4 Å². The fourth-order valence-electron chi connectivity index (χ4n) is 4.70. The molecule has 2 aromatic rings. The topological polar surface area (TPSA) is 85.0 Å². The number of carbonyl (C=O) groups excluding carboxylic acids is 3. The second-order valence-electron chi connectivity index (χ2n) is 9.54. The van der Waals surface area contributed by atoms with E-state index in [0.717, 1.165) is 30.3 Å². The maximum absolute atomic E-state index is 13.1. The molecule has 0 unspecified atom stereocenters. The summed E-state index contributed by atoms with van der Waals surface area (Å²) in [7, 11) is 0. The highest BCUT2D eigenvalue weighted by Crippen LogP contribution is 2.32. The third-order valence-electron chi connectivity index (χ3n) is 6.77. The minimum Gasteiger partial charge on any atom is -0.369 e. The molecular formula is C26H27F6N5O3. The average molecular weight is 572 g/mol. The van der Waals surface area contributed by atoms with Crippen LogP contribution in [0.1, 0.15) is 17.5 Å². The number of anilines is 2. The van der Waals surface area contributed by atoms with Gasteiger partial charge in [-0.05, 0) is 36.4 Å². The Morgan fingerprint density at radius 3 is 2.15 bits per heavy atom. The van der Waals surface area contributed by atoms with Crippen LogP contribution in [0.4, 0.5) is 37.7 Å². The molecule has 0 saturated carbocycles. The van der Waals surface area contributed by atoms with Gasteiger partial charge in [0.2, 0.25) is 17.7 Å². The molecule has 14 heteroatoms. The van der Waals surface area contributed by atoms with Gasteiger partial charge < -0.3 is 20.4 Å². The van der Waals surface area contributed by atoms with Crippen LogP contribution in [0.2, 0.25) is 0 Å². The van der Waals surface area contributed by atoms with E-state index in [1.807, 2.05) is 4.90 Å². The molecule has 2 N–H and O–H groups in total. The van der Waals surface area contributed by atoms with Crippen LogP contribution in [-0.2, 0) is 26.7 Å². The van der Waals surface area contributed by atoms with Crippen molar-refractivity contribution in [1.29, 1.82) is 0 Å². The van der Waals surface area contributed by atoms with Gasteiger partial charge in [0.25, 0.3) is 0 Å². The first-order valence-corrected chi connectivity index (χ1v) is 12.5. The zero-order valence-electron chi connectivity index (χ0n) is 21.2. The third-order valence-corrected chi connectivity index (χ3v) is 6.77. The van der Waals surface area contributed by atoms with Gasteiger partial charge in [-0.15, -0.1) is 0 Å². The number of piperazine rings is 2. The zero-order chi connectivity index (χ0) is 29.1. The lowest BCUT2D eigenvalue weighted by Crippen LogP contribution is -2.60. The second kappa shape index (κ2) is 11.7. The predicted octanol–water partition coefficient (Wildman–Crippen LogP) is 3.20. The number of amides is 3. The number of nitrogens with zero attached hydrogens (tertiary/aromatic N) is 3. The van der Waals surface area contributed by atoms with Gasteiger partial charge in [0, 0.05) is 50.6 Å². The van der Waals surface area contributed by atoms with Crippen LogP contribution >= 0.6 is 0 Å². The monoisotopic (exact) mass is 571 g/mol. The Kier molecular flexibility index (Phi) is 8.57. The largest absolute Gasteiger partial charge is 0.416 e. The molecule has 1 atom stereocenters. The van der Waals surface area contributed by atoms with E-state index in [9.17, 15) is 40.7 Å². The Balaban J connectivity index is 1.34. The molecule has 0 aromatic heterocycles. The quantitative estimate of drug-likeness (QED) is 0.521. The highest BCUT2D eigenvalue weighted by molar-refractivity contribution is 5.97. The molecule has 0 bridgehead atoms. The van der Waals surface area contributed by atoms with E-state index in [1.165, 1.54) is 17.0 Å². The Hall–Kier alpha value is -3.81. The summed E-state index contributed by atoms with van der Waals surface area (Å²) in [4.78, 5) is 43.2. The molecule has 8 nitrogen and oxygen atoms in total. The van der Waals surface area contributed by atoms with E-state index in [2.05, 4.69) is 10.6 Å². The summed E-state index contributed by atoms with van der Waals surface area (Å²) < 4.78 is 78.1. The summed E-state index contributed by atoms with van der Waals surface area (Å²) in [6.07, 6.45) is -9.49. The lowest BCUT2D eigenvalue weighted by molar-refractivity contribution is -0.145. The average Bonchev–Trinajstić information content (AvgIpc) is 2.89. The molecule has 2 aliphatic rings. The SMILES string of the molecule is O=C(C[C@@H]1C(=O)NCCN1C(=O)CN1CCN(c2cccc(C(F)(F)F)c2)CC1)Nc1cccc(C(F)(F)F)c1. The summed E-state index contributed by atoms with van der Waals surface area (Å²) in [5.41, 5.74) is -1.34. The van der Waals surface area contributed by atoms with E-state index >= 15 is 0 Å². The molecule has 0 radical (unpaired) electrons. The number of hydrogen-bond acceptors (Lipinski definition) is 5. The van der Waals surface area contributed by atoms with Gasteiger partial charge in [-0.2, -0.15) is 26.3 Å². The fourth-order valence-corrected chi connectivity index (χ4v) is 4.70. The molecular weight excluding hydrogens is 544 g/mol. The summed E-state index contributed by atoms with van der Waals surface area (Å²) in [6, 6.07) is 7.97. The van der Waals surface area contributed by atoms with Crippen LogP contribution in [0.5, 0.6) is 0 Å². The van der Waals surface area contributed by atoms with Gasteiger partial charge in [-0.1, -0.05) is 12.1 Å². The molecule has 216 valence electrons. The van der Waals surface area contributed by atoms with Crippen LogP contribution in [-0.4, -0.2) is 79.4 Å². The summed E-state index contributed by atoms with van der Waals surface area (Å²) in [5.74, 6) is -1.68. The molecule has 2 heterocycles. The fraction of sp³-hybridized carbons (Fsp3) is 0.423. The Morgan fingerprint density at radius 1 is 0.875 bits per heavy atom. The van der Waals surface area contributed by atoms with Crippen molar-refractivity contribution in [3.8, 4) is 0 Å². The van der Waals surface area contributed by atoms with Crippen molar-refractivity contribution in [3.05, 3.63) is 59.7 Å². The maximum atomic E-state index is 13.1. The van der Waals surface area contributed by atoms with Crippen molar-refractivity contribution >= 4 is 29.1 Å². The van der Waals surface area contributed by atoms with E-state index < -0.39 is 53.7 Å². The Bertz CT molecular complexity index is 1240. The molecule has 0 aliphatic carbocycles. The number of rotatable bonds is 6. The van der Waals surface area contributed by atoms with Crippen LogP contribution in [0.15, 0.2) is 48.5 Å². The van der Waals surface area contributed by atoms with Gasteiger partial charge in [0.05, 0.1) is 24.1 Å². The zero-order valence-corrected chi connectivity index (χ0v) is 21.2. The van der Waals surface area contributed by atoms with Crippen molar-refractivity contribution in [2.75, 3.05) is 56.0 Å². The standard InChI is InChI=1S/C26H27F6N5O3/c27-25(28,29)17-3-1-5-19(13-17)34-22(38)15-21-24(40)33-7-8-37(21)23(39)16-35-9-11-36(12-10-35)20-6-2-4-18(14-20)26(30,31)32/h1-6,13-14,21H,7-12,15-16H2,(H,33,40)(H,34,38)/t21-/m1/s1. The molecule has 2 aromatic carbocycles. The second-order valence-corrected chi connectivity index (χ2v) is 9.54. The van der Waals surface area contributed by atoms with E-state index in [1.54, 1.807) is 11.0 Å². The number of benzene rings is 2. The van der Waals surface area contributed by atoms with Crippen molar-refractivity contribution in [2.45, 2.75) is 24.8 Å². The number of halogens is 6. The van der Waals surface area contributed by atoms with Gasteiger partial charge in [-0.25, -0.2) is 0 Å². The van der Waals surface area contributed by atoms with Gasteiger partial charge in [0.15, 0.2) is 0 Å². The molecule has 3 amide bonds. The Labute approximate surface area is 225 Å². The first kappa shape index (κ1) is 29.2. The van der Waals surface area contributed by atoms with Crippen LogP contribution in [0, 0.1) is 0 Å². The lowest BCUT2D eigenvalue weighted by Gasteiger charge is -2.39. The van der Waals surface area contributed by atoms with Crippen molar-refractivity contribution in [2.24, 2.45) is 0 Å². The maximum Gasteiger partial charge on any atom is 0.416 e. The van der Waals surface area contributed by atoms with Crippen molar-refractivity contribution in [3.63, 3.8) is 0 Å². The van der Waals surface area contributed by atoms with Crippen LogP contribution in [0.25, 0.3) is 0 Å². The third kappa shape index (κ3) is 7.23. The smallest absolute Gasteiger partial charge is 0.369 e. The number of hydrogen-bond donors (Lipinski definition) is 2. The summed E-state index contributed by atoms with van der Waals surface area (Å²) >= 11 is 0. The molecule has 40 heavy (non-hydrogen) atoms. The normalized spacial score (nSPS) is 18.9. The summed E-state index contributed by atoms with van der Waals surface area (Å²) in [5, 5.41) is 4.95. The first-order valence-electron chi connectivity index (χ1n) is 12.5. The minimum absolute atomic E-state index is 0.0601. The van der Waals surface area contributed by atoms with Crippen LogP contribution < -0.4 is 15.5 Å². The number of nitrogens with one attached hydrogen (secondary N) is 2. The van der Waals surface area contributed by atoms with Gasteiger partial charge in [-0.3, -0.25) is 19.3 Å². The van der Waals surface area contributed by atoms with Crippen LogP contribution in [0.3, 0.4) is 0 Å². The highest BCUT2D eigenvalue weighted by atomic mass is 19.4. The minimum atomic E-state index is -4.59. The van der Waals surface area contributed by atoms with Crippen molar-refractivity contribution < 1.29 is 40.7 Å². The van der Waals surface area contributed by atoms with Crippen molar-refractivity contribution in [1.82, 2.24) is 15.1 Å². The van der Waals surface area contributed by atoms with E-state index in [4.69, 9.17) is 0 Å². The molecule has 4 rings (SSSR count). The Morgan fingerprint density at radius 2 is 1.50 bits per heavy atom. The van der Waals surface area contributed by atoms with E-state index in [-0.39, 0.29) is 25.3 Å². The number of carbonyl (C=O) groups is 3.